The normalized spacial score (nSPS) is 14.9. The van der Waals surface area contributed by atoms with Crippen LogP contribution in [0.5, 0.6) is 5.75 Å². The lowest BCUT2D eigenvalue weighted by atomic mass is 10.1. The smallest absolute Gasteiger partial charge is 0.335 e. The molecule has 0 saturated carbocycles. The summed E-state index contributed by atoms with van der Waals surface area (Å²) in [7, 11) is 0. The Morgan fingerprint density at radius 1 is 1.00 bits per heavy atom. The highest BCUT2D eigenvalue weighted by molar-refractivity contribution is 6.39. The predicted octanol–water partition coefficient (Wildman–Crippen LogP) is 5.91. The van der Waals surface area contributed by atoms with Gasteiger partial charge in [0.15, 0.2) is 0 Å². The van der Waals surface area contributed by atoms with Gasteiger partial charge in [-0.3, -0.25) is 14.9 Å². The number of halogens is 1. The average molecular weight is 528 g/mol. The van der Waals surface area contributed by atoms with Crippen molar-refractivity contribution in [3.8, 4) is 5.75 Å². The molecule has 0 radical (unpaired) electrons. The number of anilines is 1. The molecular weight excluding hydrogens is 502 g/mol. The van der Waals surface area contributed by atoms with Gasteiger partial charge < -0.3 is 9.30 Å². The number of urea groups is 1. The zero-order valence-electron chi connectivity index (χ0n) is 21.0. The number of imide groups is 2. The van der Waals surface area contributed by atoms with Crippen molar-refractivity contribution in [1.29, 1.82) is 0 Å². The Hall–Kier alpha value is -4.36. The molecule has 0 spiro atoms. The van der Waals surface area contributed by atoms with Crippen LogP contribution < -0.4 is 15.0 Å². The van der Waals surface area contributed by atoms with Gasteiger partial charge in [-0.25, -0.2) is 9.69 Å². The third-order valence-electron chi connectivity index (χ3n) is 6.55. The Morgan fingerprint density at radius 2 is 1.76 bits per heavy atom. The second-order valence-electron chi connectivity index (χ2n) is 9.03. The summed E-state index contributed by atoms with van der Waals surface area (Å²) in [5.74, 6) is -0.629. The number of aryl methyl sites for hydroxylation is 2. The lowest BCUT2D eigenvalue weighted by Crippen LogP contribution is -2.54. The van der Waals surface area contributed by atoms with Gasteiger partial charge in [-0.05, 0) is 66.9 Å². The number of amides is 4. The number of carbonyl (C=O) groups is 3. The van der Waals surface area contributed by atoms with Crippen LogP contribution in [-0.2, 0) is 22.6 Å². The molecule has 1 N–H and O–H groups in total. The number of barbiturate groups is 1. The molecule has 1 saturated heterocycles. The summed E-state index contributed by atoms with van der Waals surface area (Å²) in [4.78, 5) is 39.7. The van der Waals surface area contributed by atoms with Gasteiger partial charge in [-0.15, -0.1) is 0 Å². The molecular formula is C30H26ClN3O4. The fraction of sp³-hybridized carbons (Fsp3) is 0.167. The molecule has 192 valence electrons. The van der Waals surface area contributed by atoms with E-state index in [1.807, 2.05) is 73.1 Å². The van der Waals surface area contributed by atoms with Crippen LogP contribution in [-0.4, -0.2) is 29.0 Å². The van der Waals surface area contributed by atoms with Crippen molar-refractivity contribution >= 4 is 52.1 Å². The second kappa shape index (κ2) is 10.6. The van der Waals surface area contributed by atoms with Crippen molar-refractivity contribution in [2.45, 2.75) is 26.8 Å². The molecule has 5 rings (SSSR count). The highest BCUT2D eigenvalue weighted by Crippen LogP contribution is 2.27. The number of ether oxygens (including phenoxy) is 1. The molecule has 1 aliphatic rings. The average Bonchev–Trinajstić information content (AvgIpc) is 3.25. The maximum atomic E-state index is 13.4. The van der Waals surface area contributed by atoms with E-state index in [1.54, 1.807) is 24.3 Å². The molecule has 3 aromatic carbocycles. The number of rotatable bonds is 7. The molecule has 38 heavy (non-hydrogen) atoms. The van der Waals surface area contributed by atoms with Crippen molar-refractivity contribution in [2.75, 3.05) is 11.5 Å². The predicted molar refractivity (Wildman–Crippen MR) is 148 cm³/mol. The number of fused-ring (bicyclic) bond motifs is 1. The fourth-order valence-corrected chi connectivity index (χ4v) is 4.76. The molecule has 0 bridgehead atoms. The zero-order chi connectivity index (χ0) is 26.8. The summed E-state index contributed by atoms with van der Waals surface area (Å²) in [6.45, 7) is 4.91. The number of nitrogens with zero attached hydrogens (tertiary/aromatic N) is 2. The van der Waals surface area contributed by atoms with E-state index in [0.29, 0.717) is 29.4 Å². The highest BCUT2D eigenvalue weighted by atomic mass is 35.5. The lowest BCUT2D eigenvalue weighted by molar-refractivity contribution is -0.122. The Balaban J connectivity index is 1.43. The van der Waals surface area contributed by atoms with Crippen LogP contribution >= 0.6 is 11.6 Å². The monoisotopic (exact) mass is 527 g/mol. The van der Waals surface area contributed by atoms with E-state index in [0.717, 1.165) is 39.1 Å². The SMILES string of the molecule is CCc1ccc(N2C(=O)NC(=O)C(=Cc3cn(CCOc4ccc(Cl)cc4C)c4ccccc34)C2=O)cc1. The van der Waals surface area contributed by atoms with Crippen molar-refractivity contribution in [1.82, 2.24) is 9.88 Å². The summed E-state index contributed by atoms with van der Waals surface area (Å²) in [6, 6.07) is 19.6. The number of carbonyl (C=O) groups excluding carboxylic acids is 3. The number of hydrogen-bond donors (Lipinski definition) is 1. The van der Waals surface area contributed by atoms with E-state index in [-0.39, 0.29) is 5.57 Å². The number of para-hydroxylation sites is 1. The van der Waals surface area contributed by atoms with Gasteiger partial charge in [0, 0.05) is 27.7 Å². The van der Waals surface area contributed by atoms with Gasteiger partial charge >= 0.3 is 6.03 Å². The van der Waals surface area contributed by atoms with E-state index < -0.39 is 17.8 Å². The van der Waals surface area contributed by atoms with Gasteiger partial charge in [0.2, 0.25) is 0 Å². The fourth-order valence-electron chi connectivity index (χ4n) is 4.53. The van der Waals surface area contributed by atoms with Gasteiger partial charge in [0.25, 0.3) is 11.8 Å². The first-order chi connectivity index (χ1) is 18.4. The van der Waals surface area contributed by atoms with Gasteiger partial charge in [0.05, 0.1) is 12.2 Å². The van der Waals surface area contributed by atoms with E-state index in [1.165, 1.54) is 0 Å². The van der Waals surface area contributed by atoms with E-state index in [4.69, 9.17) is 16.3 Å². The summed E-state index contributed by atoms with van der Waals surface area (Å²) in [5, 5.41) is 3.83. The first kappa shape index (κ1) is 25.3. The first-order valence-electron chi connectivity index (χ1n) is 12.3. The van der Waals surface area contributed by atoms with Crippen LogP contribution in [0, 0.1) is 6.92 Å². The van der Waals surface area contributed by atoms with E-state index in [2.05, 4.69) is 5.32 Å². The topological polar surface area (TPSA) is 80.6 Å². The number of aromatic nitrogens is 1. The molecule has 0 aliphatic carbocycles. The quantitative estimate of drug-likeness (QED) is 0.239. The molecule has 4 aromatic rings. The van der Waals surface area contributed by atoms with Crippen LogP contribution in [0.25, 0.3) is 17.0 Å². The summed E-state index contributed by atoms with van der Waals surface area (Å²) in [5.41, 5.74) is 3.94. The van der Waals surface area contributed by atoms with Crippen molar-refractivity contribution in [3.05, 3.63) is 100 Å². The van der Waals surface area contributed by atoms with Crippen LogP contribution in [0.4, 0.5) is 10.5 Å². The molecule has 7 nitrogen and oxygen atoms in total. The third-order valence-corrected chi connectivity index (χ3v) is 6.79. The van der Waals surface area contributed by atoms with E-state index >= 15 is 0 Å². The molecule has 1 fully saturated rings. The Bertz CT molecular complexity index is 1590. The summed E-state index contributed by atoms with van der Waals surface area (Å²) >= 11 is 6.04. The maximum absolute atomic E-state index is 13.4. The van der Waals surface area contributed by atoms with Crippen LogP contribution in [0.1, 0.15) is 23.6 Å². The minimum absolute atomic E-state index is 0.111. The number of nitrogens with one attached hydrogen (secondary N) is 1. The van der Waals surface area contributed by atoms with Crippen LogP contribution in [0.2, 0.25) is 5.02 Å². The molecule has 1 aromatic heterocycles. The summed E-state index contributed by atoms with van der Waals surface area (Å²) in [6.07, 6.45) is 4.26. The van der Waals surface area contributed by atoms with Crippen molar-refractivity contribution < 1.29 is 19.1 Å². The Labute approximate surface area is 225 Å². The van der Waals surface area contributed by atoms with Gasteiger partial charge in [0.1, 0.15) is 17.9 Å². The second-order valence-corrected chi connectivity index (χ2v) is 9.47. The van der Waals surface area contributed by atoms with Crippen molar-refractivity contribution in [3.63, 3.8) is 0 Å². The highest BCUT2D eigenvalue weighted by Gasteiger charge is 2.37. The maximum Gasteiger partial charge on any atom is 0.335 e. The largest absolute Gasteiger partial charge is 0.491 e. The van der Waals surface area contributed by atoms with E-state index in [9.17, 15) is 14.4 Å². The molecule has 4 amide bonds. The van der Waals surface area contributed by atoms with Crippen LogP contribution in [0.15, 0.2) is 78.5 Å². The van der Waals surface area contributed by atoms with Gasteiger partial charge in [-0.1, -0.05) is 48.9 Å². The minimum atomic E-state index is -0.765. The molecule has 0 unspecified atom stereocenters. The first-order valence-corrected chi connectivity index (χ1v) is 12.7. The number of hydrogen-bond acceptors (Lipinski definition) is 4. The van der Waals surface area contributed by atoms with Gasteiger partial charge in [-0.2, -0.15) is 0 Å². The van der Waals surface area contributed by atoms with Crippen LogP contribution in [0.3, 0.4) is 0 Å². The Morgan fingerprint density at radius 3 is 2.50 bits per heavy atom. The van der Waals surface area contributed by atoms with Crippen molar-refractivity contribution in [2.24, 2.45) is 0 Å². The zero-order valence-corrected chi connectivity index (χ0v) is 21.8. The third kappa shape index (κ3) is 4.93. The summed E-state index contributed by atoms with van der Waals surface area (Å²) < 4.78 is 7.99. The lowest BCUT2D eigenvalue weighted by Gasteiger charge is -2.26. The Kier molecular flexibility index (Phi) is 7.03. The molecule has 8 heteroatoms. The molecule has 1 aliphatic heterocycles. The number of benzene rings is 3. The standard InChI is InChI=1S/C30H26ClN3O4/c1-3-20-8-11-23(12-9-20)34-29(36)25(28(35)32-30(34)37)17-21-18-33(26-7-5-4-6-24(21)26)14-15-38-27-13-10-22(31)16-19(27)2/h4-13,16-18H,3,14-15H2,1-2H3,(H,32,35,37). The molecule has 2 heterocycles. The molecule has 0 atom stereocenters. The minimum Gasteiger partial charge on any atom is -0.491 e.